The third-order valence-corrected chi connectivity index (χ3v) is 3.98. The molecule has 0 saturated heterocycles. The van der Waals surface area contributed by atoms with Gasteiger partial charge in [0.05, 0.1) is 13.0 Å². The van der Waals surface area contributed by atoms with Crippen LogP contribution in [0.2, 0.25) is 5.02 Å². The van der Waals surface area contributed by atoms with Crippen molar-refractivity contribution < 1.29 is 9.53 Å². The van der Waals surface area contributed by atoms with Crippen LogP contribution in [0.3, 0.4) is 0 Å². The van der Waals surface area contributed by atoms with Gasteiger partial charge in [-0.25, -0.2) is 0 Å². The molecule has 0 radical (unpaired) electrons. The zero-order chi connectivity index (χ0) is 15.9. The summed E-state index contributed by atoms with van der Waals surface area (Å²) in [4.78, 5) is 13.8. The maximum absolute atomic E-state index is 12.1. The van der Waals surface area contributed by atoms with E-state index in [9.17, 15) is 4.79 Å². The average molecular weight is 383 g/mol. The molecule has 2 rings (SSSR count). The van der Waals surface area contributed by atoms with Gasteiger partial charge in [-0.3, -0.25) is 4.79 Å². The van der Waals surface area contributed by atoms with Crippen molar-refractivity contribution in [2.75, 3.05) is 20.2 Å². The van der Waals surface area contributed by atoms with Crippen LogP contribution in [0.25, 0.3) is 0 Å². The first-order valence-electron chi connectivity index (χ1n) is 6.91. The summed E-state index contributed by atoms with van der Waals surface area (Å²) in [6.45, 7) is 1.01. The number of halogens is 2. The van der Waals surface area contributed by atoms with E-state index < -0.39 is 0 Å². The molecule has 0 bridgehead atoms. The van der Waals surface area contributed by atoms with Gasteiger partial charge in [-0.05, 0) is 42.0 Å². The molecule has 0 fully saturated rings. The summed E-state index contributed by atoms with van der Waals surface area (Å²) < 4.78 is 6.62. The number of carbonyl (C=O) groups is 1. The first-order valence-corrected chi connectivity index (χ1v) is 8.08. The minimum absolute atomic E-state index is 0.0572. The Bertz CT molecular complexity index is 614. The maximum atomic E-state index is 12.1. The van der Waals surface area contributed by atoms with Crippen LogP contribution in [0.1, 0.15) is 5.56 Å². The van der Waals surface area contributed by atoms with E-state index in [0.717, 1.165) is 15.8 Å². The lowest BCUT2D eigenvalue weighted by Gasteiger charge is -2.17. The fourth-order valence-corrected chi connectivity index (χ4v) is 2.26. The Morgan fingerprint density at radius 2 is 1.77 bits per heavy atom. The number of likely N-dealkylation sites (N-methyl/N-ethyl adjacent to an activating group) is 1. The second kappa shape index (κ2) is 8.20. The van der Waals surface area contributed by atoms with Crippen LogP contribution in [-0.4, -0.2) is 31.0 Å². The van der Waals surface area contributed by atoms with E-state index in [0.29, 0.717) is 24.6 Å². The molecule has 0 saturated carbocycles. The Hall–Kier alpha value is -1.52. The molecule has 0 aliphatic rings. The summed E-state index contributed by atoms with van der Waals surface area (Å²) >= 11 is 9.21. The Kier molecular flexibility index (Phi) is 6.28. The van der Waals surface area contributed by atoms with Crippen LogP contribution in [-0.2, 0) is 11.2 Å². The average Bonchev–Trinajstić information content (AvgIpc) is 2.51. The summed E-state index contributed by atoms with van der Waals surface area (Å²) in [5, 5.41) is 0.674. The van der Waals surface area contributed by atoms with E-state index in [1.165, 1.54) is 0 Å². The molecule has 1 amide bonds. The summed E-state index contributed by atoms with van der Waals surface area (Å²) in [5.41, 5.74) is 0.954. The van der Waals surface area contributed by atoms with Crippen molar-refractivity contribution in [3.05, 3.63) is 63.6 Å². The minimum Gasteiger partial charge on any atom is -0.492 e. The molecule has 0 heterocycles. The van der Waals surface area contributed by atoms with Gasteiger partial charge in [0.15, 0.2) is 0 Å². The van der Waals surface area contributed by atoms with E-state index in [1.807, 2.05) is 36.4 Å². The normalized spacial score (nSPS) is 10.3. The highest BCUT2D eigenvalue weighted by atomic mass is 79.9. The molecule has 2 aromatic rings. The van der Waals surface area contributed by atoms with E-state index in [2.05, 4.69) is 15.9 Å². The smallest absolute Gasteiger partial charge is 0.226 e. The van der Waals surface area contributed by atoms with Gasteiger partial charge in [0.25, 0.3) is 0 Å². The second-order valence-corrected chi connectivity index (χ2v) is 6.27. The van der Waals surface area contributed by atoms with Crippen molar-refractivity contribution in [2.24, 2.45) is 0 Å². The van der Waals surface area contributed by atoms with E-state index >= 15 is 0 Å². The Labute approximate surface area is 144 Å². The zero-order valence-electron chi connectivity index (χ0n) is 12.3. The molecular formula is C17H17BrClNO2. The molecule has 0 N–H and O–H groups in total. The second-order valence-electron chi connectivity index (χ2n) is 4.92. The maximum Gasteiger partial charge on any atom is 0.226 e. The first-order chi connectivity index (χ1) is 10.5. The summed E-state index contributed by atoms with van der Waals surface area (Å²) in [5.74, 6) is 0.850. The van der Waals surface area contributed by atoms with Gasteiger partial charge in [-0.2, -0.15) is 0 Å². The molecule has 5 heteroatoms. The molecule has 0 aromatic heterocycles. The quantitative estimate of drug-likeness (QED) is 0.750. The standard InChI is InChI=1S/C17H17BrClNO2/c1-20(10-11-22-16-8-4-14(18)5-9-16)17(21)12-13-2-6-15(19)7-3-13/h2-9H,10-12H2,1H3. The van der Waals surface area contributed by atoms with E-state index in [-0.39, 0.29) is 5.91 Å². The van der Waals surface area contributed by atoms with Crippen LogP contribution >= 0.6 is 27.5 Å². The van der Waals surface area contributed by atoms with Crippen molar-refractivity contribution in [1.82, 2.24) is 4.90 Å². The number of ether oxygens (including phenoxy) is 1. The number of amides is 1. The Balaban J connectivity index is 1.76. The SMILES string of the molecule is CN(CCOc1ccc(Br)cc1)C(=O)Cc1ccc(Cl)cc1. The summed E-state index contributed by atoms with van der Waals surface area (Å²) in [7, 11) is 1.78. The van der Waals surface area contributed by atoms with Crippen LogP contribution < -0.4 is 4.74 Å². The van der Waals surface area contributed by atoms with Crippen LogP contribution in [0.15, 0.2) is 53.0 Å². The molecule has 0 aliphatic carbocycles. The Morgan fingerprint density at radius 3 is 2.41 bits per heavy atom. The van der Waals surface area contributed by atoms with Crippen molar-refractivity contribution in [3.63, 3.8) is 0 Å². The lowest BCUT2D eigenvalue weighted by molar-refractivity contribution is -0.129. The topological polar surface area (TPSA) is 29.5 Å². The van der Waals surface area contributed by atoms with Crippen molar-refractivity contribution in [1.29, 1.82) is 0 Å². The van der Waals surface area contributed by atoms with E-state index in [4.69, 9.17) is 16.3 Å². The van der Waals surface area contributed by atoms with Crippen molar-refractivity contribution in [3.8, 4) is 5.75 Å². The predicted molar refractivity (Wildman–Crippen MR) is 92.4 cm³/mol. The third kappa shape index (κ3) is 5.35. The van der Waals surface area contributed by atoms with E-state index in [1.54, 1.807) is 24.1 Å². The van der Waals surface area contributed by atoms with Gasteiger partial charge in [-0.1, -0.05) is 39.7 Å². The molecule has 3 nitrogen and oxygen atoms in total. The highest BCUT2D eigenvalue weighted by Crippen LogP contribution is 2.16. The highest BCUT2D eigenvalue weighted by Gasteiger charge is 2.09. The largest absolute Gasteiger partial charge is 0.492 e. The number of carbonyl (C=O) groups excluding carboxylic acids is 1. The molecule has 116 valence electrons. The number of hydrogen-bond donors (Lipinski definition) is 0. The molecule has 22 heavy (non-hydrogen) atoms. The molecule has 0 unspecified atom stereocenters. The number of benzene rings is 2. The van der Waals surface area contributed by atoms with Gasteiger partial charge in [-0.15, -0.1) is 0 Å². The summed E-state index contributed by atoms with van der Waals surface area (Å²) in [6.07, 6.45) is 0.367. The van der Waals surface area contributed by atoms with Gasteiger partial charge >= 0.3 is 0 Å². The molecule has 2 aromatic carbocycles. The molecule has 0 atom stereocenters. The fourth-order valence-electron chi connectivity index (χ4n) is 1.87. The van der Waals surface area contributed by atoms with Gasteiger partial charge in [0.2, 0.25) is 5.91 Å². The molecule has 0 aliphatic heterocycles. The number of hydrogen-bond acceptors (Lipinski definition) is 2. The Morgan fingerprint density at radius 1 is 1.14 bits per heavy atom. The minimum atomic E-state index is 0.0572. The predicted octanol–water partition coefficient (Wildman–Crippen LogP) is 4.18. The number of nitrogens with zero attached hydrogens (tertiary/aromatic N) is 1. The van der Waals surface area contributed by atoms with Gasteiger partial charge in [0.1, 0.15) is 12.4 Å². The van der Waals surface area contributed by atoms with Gasteiger partial charge < -0.3 is 9.64 Å². The highest BCUT2D eigenvalue weighted by molar-refractivity contribution is 9.10. The van der Waals surface area contributed by atoms with Crippen molar-refractivity contribution >= 4 is 33.4 Å². The lowest BCUT2D eigenvalue weighted by atomic mass is 10.1. The van der Waals surface area contributed by atoms with Crippen molar-refractivity contribution in [2.45, 2.75) is 6.42 Å². The first kappa shape index (κ1) is 16.8. The lowest BCUT2D eigenvalue weighted by Crippen LogP contribution is -2.32. The van der Waals surface area contributed by atoms with Crippen LogP contribution in [0, 0.1) is 0 Å². The molecular weight excluding hydrogens is 366 g/mol. The molecule has 0 spiro atoms. The van der Waals surface area contributed by atoms with Crippen LogP contribution in [0.5, 0.6) is 5.75 Å². The fraction of sp³-hybridized carbons (Fsp3) is 0.235. The third-order valence-electron chi connectivity index (χ3n) is 3.20. The number of rotatable bonds is 6. The van der Waals surface area contributed by atoms with Gasteiger partial charge in [0, 0.05) is 16.5 Å². The monoisotopic (exact) mass is 381 g/mol. The zero-order valence-corrected chi connectivity index (χ0v) is 14.6. The van der Waals surface area contributed by atoms with Crippen LogP contribution in [0.4, 0.5) is 0 Å². The summed E-state index contributed by atoms with van der Waals surface area (Å²) in [6, 6.07) is 14.9.